The van der Waals surface area contributed by atoms with Gasteiger partial charge in [-0.2, -0.15) is 12.6 Å². The summed E-state index contributed by atoms with van der Waals surface area (Å²) in [7, 11) is 0. The van der Waals surface area contributed by atoms with E-state index in [9.17, 15) is 19.1 Å². The number of carbonyl (C=O) groups excluding carboxylic acids is 1. The summed E-state index contributed by atoms with van der Waals surface area (Å²) in [6.07, 6.45) is 6.37. The molecule has 0 bridgehead atoms. The number of piperidine rings is 2. The second kappa shape index (κ2) is 12.5. The van der Waals surface area contributed by atoms with Crippen LogP contribution in [-0.2, 0) is 9.59 Å². The molecule has 3 fully saturated rings. The molecule has 9 heteroatoms. The van der Waals surface area contributed by atoms with Crippen molar-refractivity contribution in [3.05, 3.63) is 47.3 Å². The Labute approximate surface area is 213 Å². The SMILES string of the molecule is Cl.Cl.O=C(O)C1CCCN(C/C=C2\CN(C(C(=O)C3CC3)c3ccccc3F)CCC2S)C1. The van der Waals surface area contributed by atoms with Crippen molar-refractivity contribution in [2.75, 3.05) is 32.7 Å². The van der Waals surface area contributed by atoms with Crippen LogP contribution in [0.5, 0.6) is 0 Å². The molecule has 1 aromatic rings. The molecule has 2 aliphatic heterocycles. The average Bonchev–Trinajstić information content (AvgIpc) is 3.61. The molecule has 33 heavy (non-hydrogen) atoms. The number of aliphatic carboxylic acids is 1. The predicted octanol–water partition coefficient (Wildman–Crippen LogP) is 4.42. The molecule has 4 rings (SSSR count). The van der Waals surface area contributed by atoms with Gasteiger partial charge in [0, 0.05) is 42.9 Å². The number of carboxylic acid groups (broad SMARTS) is 1. The number of thiol groups is 1. The minimum Gasteiger partial charge on any atom is -0.481 e. The molecule has 3 unspecified atom stereocenters. The Hall–Kier alpha value is -1.12. The Balaban J connectivity index is 0.00000193. The molecule has 0 aromatic heterocycles. The van der Waals surface area contributed by atoms with Gasteiger partial charge in [-0.05, 0) is 50.3 Å². The minimum atomic E-state index is -0.723. The third kappa shape index (κ3) is 6.95. The van der Waals surface area contributed by atoms with Crippen molar-refractivity contribution >= 4 is 49.2 Å². The summed E-state index contributed by atoms with van der Waals surface area (Å²) in [5, 5.41) is 9.42. The Morgan fingerprint density at radius 3 is 2.52 bits per heavy atom. The molecule has 184 valence electrons. The van der Waals surface area contributed by atoms with E-state index in [2.05, 4.69) is 15.9 Å². The van der Waals surface area contributed by atoms with Crippen LogP contribution in [0.3, 0.4) is 0 Å². The minimum absolute atomic E-state index is 0. The molecule has 3 atom stereocenters. The van der Waals surface area contributed by atoms with Gasteiger partial charge in [0.15, 0.2) is 5.78 Å². The number of Topliss-reactive ketones (excluding diaryl/α,β-unsaturated/α-hetero) is 1. The summed E-state index contributed by atoms with van der Waals surface area (Å²) in [6, 6.07) is 6.06. The third-order valence-corrected chi connectivity index (χ3v) is 7.37. The van der Waals surface area contributed by atoms with Gasteiger partial charge in [-0.15, -0.1) is 24.8 Å². The normalized spacial score (nSPS) is 26.2. The molecular weight excluding hydrogens is 486 g/mol. The highest BCUT2D eigenvalue weighted by Gasteiger charge is 2.40. The van der Waals surface area contributed by atoms with Gasteiger partial charge in [-0.1, -0.05) is 24.3 Å². The van der Waals surface area contributed by atoms with E-state index in [1.807, 2.05) is 0 Å². The molecular formula is C24H33Cl2FN2O3S. The lowest BCUT2D eigenvalue weighted by Gasteiger charge is -2.38. The molecule has 1 N–H and O–H groups in total. The lowest BCUT2D eigenvalue weighted by molar-refractivity contribution is -0.143. The molecule has 0 radical (unpaired) electrons. The first-order chi connectivity index (χ1) is 14.9. The number of rotatable bonds is 7. The first-order valence-electron chi connectivity index (χ1n) is 11.3. The second-order valence-electron chi connectivity index (χ2n) is 9.09. The molecule has 5 nitrogen and oxygen atoms in total. The first-order valence-corrected chi connectivity index (χ1v) is 11.8. The molecule has 1 aromatic carbocycles. The first kappa shape index (κ1) is 28.1. The van der Waals surface area contributed by atoms with Crippen LogP contribution in [0.15, 0.2) is 35.9 Å². The Kier molecular flexibility index (Phi) is 10.7. The number of carboxylic acids is 1. The monoisotopic (exact) mass is 518 g/mol. The zero-order valence-electron chi connectivity index (χ0n) is 18.6. The molecule has 1 saturated carbocycles. The largest absolute Gasteiger partial charge is 0.481 e. The van der Waals surface area contributed by atoms with E-state index in [0.717, 1.165) is 44.2 Å². The van der Waals surface area contributed by atoms with Gasteiger partial charge < -0.3 is 5.11 Å². The number of likely N-dealkylation sites (tertiary alicyclic amines) is 2. The maximum absolute atomic E-state index is 14.6. The van der Waals surface area contributed by atoms with Crippen molar-refractivity contribution in [3.8, 4) is 0 Å². The number of nitrogens with zero attached hydrogens (tertiary/aromatic N) is 2. The lowest BCUT2D eigenvalue weighted by Crippen LogP contribution is -2.43. The number of benzene rings is 1. The molecule has 2 heterocycles. The molecule has 3 aliphatic rings. The van der Waals surface area contributed by atoms with Crippen molar-refractivity contribution in [3.63, 3.8) is 0 Å². The fourth-order valence-electron chi connectivity index (χ4n) is 4.80. The number of hydrogen-bond donors (Lipinski definition) is 2. The quantitative estimate of drug-likeness (QED) is 0.413. The van der Waals surface area contributed by atoms with Crippen LogP contribution in [0, 0.1) is 17.7 Å². The highest BCUT2D eigenvalue weighted by atomic mass is 35.5. The maximum atomic E-state index is 14.6. The Morgan fingerprint density at radius 1 is 1.12 bits per heavy atom. The molecule has 0 amide bonds. The van der Waals surface area contributed by atoms with E-state index < -0.39 is 12.0 Å². The smallest absolute Gasteiger partial charge is 0.307 e. The van der Waals surface area contributed by atoms with Crippen molar-refractivity contribution in [1.82, 2.24) is 9.80 Å². The van der Waals surface area contributed by atoms with Gasteiger partial charge >= 0.3 is 5.97 Å². The van der Waals surface area contributed by atoms with Crippen molar-refractivity contribution < 1.29 is 19.1 Å². The number of hydrogen-bond acceptors (Lipinski definition) is 5. The van der Waals surface area contributed by atoms with Crippen LogP contribution < -0.4 is 0 Å². The van der Waals surface area contributed by atoms with E-state index in [4.69, 9.17) is 12.6 Å². The summed E-state index contributed by atoms with van der Waals surface area (Å²) in [6.45, 7) is 3.44. The van der Waals surface area contributed by atoms with Gasteiger partial charge in [0.05, 0.1) is 12.0 Å². The number of halogens is 3. The van der Waals surface area contributed by atoms with E-state index in [0.29, 0.717) is 31.7 Å². The standard InChI is InChI=1S/C24H31FN2O3S.2ClH/c25-20-6-2-1-5-19(20)22(23(28)16-7-8-16)27-13-10-21(31)17(15-27)9-12-26-11-3-4-18(14-26)24(29)30;;/h1-2,5-6,9,16,18,21-22,31H,3-4,7-8,10-15H2,(H,29,30);2*1H/b17-9+;;. The van der Waals surface area contributed by atoms with Gasteiger partial charge in [0.1, 0.15) is 5.82 Å². The molecule has 2 saturated heterocycles. The van der Waals surface area contributed by atoms with Crippen molar-refractivity contribution in [2.45, 2.75) is 43.4 Å². The van der Waals surface area contributed by atoms with Crippen LogP contribution in [-0.4, -0.2) is 64.6 Å². The Morgan fingerprint density at radius 2 is 1.85 bits per heavy atom. The van der Waals surface area contributed by atoms with Crippen molar-refractivity contribution in [1.29, 1.82) is 0 Å². The summed E-state index contributed by atoms with van der Waals surface area (Å²) in [5.74, 6) is -1.18. The van der Waals surface area contributed by atoms with Gasteiger partial charge in [-0.3, -0.25) is 19.4 Å². The third-order valence-electron chi connectivity index (χ3n) is 6.78. The van der Waals surface area contributed by atoms with Gasteiger partial charge in [0.25, 0.3) is 0 Å². The van der Waals surface area contributed by atoms with Gasteiger partial charge in [0.2, 0.25) is 0 Å². The van der Waals surface area contributed by atoms with Crippen LogP contribution in [0.25, 0.3) is 0 Å². The highest BCUT2D eigenvalue weighted by Crippen LogP contribution is 2.39. The second-order valence-corrected chi connectivity index (χ2v) is 9.71. The summed E-state index contributed by atoms with van der Waals surface area (Å²) < 4.78 is 14.6. The lowest BCUT2D eigenvalue weighted by atomic mass is 9.93. The van der Waals surface area contributed by atoms with Crippen LogP contribution in [0.2, 0.25) is 0 Å². The van der Waals surface area contributed by atoms with Crippen LogP contribution in [0.4, 0.5) is 4.39 Å². The highest BCUT2D eigenvalue weighted by molar-refractivity contribution is 7.81. The van der Waals surface area contributed by atoms with E-state index in [-0.39, 0.29) is 53.5 Å². The fraction of sp³-hybridized carbons (Fsp3) is 0.583. The fourth-order valence-corrected chi connectivity index (χ4v) is 5.10. The number of ketones is 1. The average molecular weight is 520 g/mol. The maximum Gasteiger partial charge on any atom is 0.307 e. The van der Waals surface area contributed by atoms with E-state index >= 15 is 0 Å². The summed E-state index contributed by atoms with van der Waals surface area (Å²) in [4.78, 5) is 28.8. The van der Waals surface area contributed by atoms with E-state index in [1.54, 1.807) is 18.2 Å². The van der Waals surface area contributed by atoms with Crippen molar-refractivity contribution in [2.24, 2.45) is 11.8 Å². The zero-order chi connectivity index (χ0) is 22.0. The van der Waals surface area contributed by atoms with Crippen LogP contribution in [0.1, 0.15) is 43.7 Å². The Bertz CT molecular complexity index is 868. The molecule has 1 aliphatic carbocycles. The number of carbonyl (C=O) groups is 2. The van der Waals surface area contributed by atoms with E-state index in [1.165, 1.54) is 6.07 Å². The van der Waals surface area contributed by atoms with Gasteiger partial charge in [-0.25, -0.2) is 4.39 Å². The van der Waals surface area contributed by atoms with Crippen LogP contribution >= 0.6 is 37.4 Å². The summed E-state index contributed by atoms with van der Waals surface area (Å²) in [5.41, 5.74) is 1.61. The predicted molar refractivity (Wildman–Crippen MR) is 135 cm³/mol. The zero-order valence-corrected chi connectivity index (χ0v) is 21.1. The topological polar surface area (TPSA) is 60.9 Å². The molecule has 0 spiro atoms. The summed E-state index contributed by atoms with van der Waals surface area (Å²) >= 11 is 4.76.